The Morgan fingerprint density at radius 3 is 2.63 bits per heavy atom. The standard InChI is InChI=1S/C25H27ClN2O2/c1-2-19-16-28-22(15-20-21(26)8-9-23(30-19)24(20)28)25(29)27-12-10-18(11-13-27)14-17-6-4-3-5-7-17/h3-9,15,18-19H,2,10-14,16H2,1H3. The molecule has 4 nitrogen and oxygen atoms in total. The molecule has 3 heterocycles. The minimum absolute atomic E-state index is 0.0810. The van der Waals surface area contributed by atoms with E-state index in [2.05, 4.69) is 41.8 Å². The number of likely N-dealkylation sites (tertiary alicyclic amines) is 1. The van der Waals surface area contributed by atoms with Crippen LogP contribution in [0.2, 0.25) is 5.02 Å². The van der Waals surface area contributed by atoms with E-state index in [0.717, 1.165) is 61.1 Å². The quantitative estimate of drug-likeness (QED) is 0.551. The van der Waals surface area contributed by atoms with E-state index in [1.807, 2.05) is 23.1 Å². The maximum Gasteiger partial charge on any atom is 0.270 e. The van der Waals surface area contributed by atoms with Crippen molar-refractivity contribution in [3.8, 4) is 5.75 Å². The van der Waals surface area contributed by atoms with Crippen LogP contribution in [0.4, 0.5) is 0 Å². The molecule has 3 aromatic rings. The normalized spacial score (nSPS) is 19.1. The zero-order valence-corrected chi connectivity index (χ0v) is 18.1. The molecule has 1 atom stereocenters. The van der Waals surface area contributed by atoms with Crippen LogP contribution in [-0.2, 0) is 13.0 Å². The molecule has 0 saturated carbocycles. The van der Waals surface area contributed by atoms with Gasteiger partial charge >= 0.3 is 0 Å². The molecule has 2 aliphatic rings. The van der Waals surface area contributed by atoms with Gasteiger partial charge in [-0.15, -0.1) is 0 Å². The first-order valence-corrected chi connectivity index (χ1v) is 11.3. The van der Waals surface area contributed by atoms with Gasteiger partial charge in [-0.1, -0.05) is 48.9 Å². The van der Waals surface area contributed by atoms with Crippen LogP contribution in [-0.4, -0.2) is 34.6 Å². The Bertz CT molecular complexity index is 1070. The number of carbonyl (C=O) groups excluding carboxylic acids is 1. The van der Waals surface area contributed by atoms with Crippen LogP contribution in [0, 0.1) is 5.92 Å². The SMILES string of the molecule is CCC1Cn2c(C(=O)N3CCC(Cc4ccccc4)CC3)cc3c(Cl)ccc(c32)O1. The predicted molar refractivity (Wildman–Crippen MR) is 120 cm³/mol. The van der Waals surface area contributed by atoms with Gasteiger partial charge in [0.1, 0.15) is 17.5 Å². The van der Waals surface area contributed by atoms with Gasteiger partial charge in [0.2, 0.25) is 0 Å². The van der Waals surface area contributed by atoms with Crippen LogP contribution < -0.4 is 4.74 Å². The van der Waals surface area contributed by atoms with Crippen LogP contribution >= 0.6 is 11.6 Å². The summed E-state index contributed by atoms with van der Waals surface area (Å²) in [4.78, 5) is 15.5. The number of halogens is 1. The van der Waals surface area contributed by atoms with Gasteiger partial charge in [-0.3, -0.25) is 4.79 Å². The van der Waals surface area contributed by atoms with Gasteiger partial charge in [0.15, 0.2) is 0 Å². The smallest absolute Gasteiger partial charge is 0.270 e. The highest BCUT2D eigenvalue weighted by Crippen LogP contribution is 2.38. The third kappa shape index (κ3) is 3.47. The maximum absolute atomic E-state index is 13.5. The zero-order valence-electron chi connectivity index (χ0n) is 17.3. The second kappa shape index (κ2) is 7.99. The number of hydrogen-bond acceptors (Lipinski definition) is 2. The number of benzene rings is 2. The van der Waals surface area contributed by atoms with Crippen molar-refractivity contribution in [1.82, 2.24) is 9.47 Å². The van der Waals surface area contributed by atoms with E-state index in [9.17, 15) is 4.79 Å². The van der Waals surface area contributed by atoms with Gasteiger partial charge in [-0.25, -0.2) is 0 Å². The summed E-state index contributed by atoms with van der Waals surface area (Å²) in [6.45, 7) is 4.43. The van der Waals surface area contributed by atoms with Crippen molar-refractivity contribution in [1.29, 1.82) is 0 Å². The zero-order chi connectivity index (χ0) is 20.7. The van der Waals surface area contributed by atoms with E-state index in [4.69, 9.17) is 16.3 Å². The average molecular weight is 423 g/mol. The summed E-state index contributed by atoms with van der Waals surface area (Å²) in [6.07, 6.45) is 4.18. The first-order valence-electron chi connectivity index (χ1n) is 11.0. The number of rotatable bonds is 4. The average Bonchev–Trinajstić information content (AvgIpc) is 3.18. The lowest BCUT2D eigenvalue weighted by Crippen LogP contribution is -2.40. The maximum atomic E-state index is 13.5. The van der Waals surface area contributed by atoms with Gasteiger partial charge in [0.25, 0.3) is 5.91 Å². The van der Waals surface area contributed by atoms with Crippen molar-refractivity contribution in [2.24, 2.45) is 5.92 Å². The molecule has 1 amide bonds. The topological polar surface area (TPSA) is 34.5 Å². The summed E-state index contributed by atoms with van der Waals surface area (Å²) in [7, 11) is 0. The van der Waals surface area contributed by atoms with Gasteiger partial charge < -0.3 is 14.2 Å². The minimum Gasteiger partial charge on any atom is -0.486 e. The van der Waals surface area contributed by atoms with Crippen LogP contribution in [0.1, 0.15) is 42.2 Å². The molecular formula is C25H27ClN2O2. The van der Waals surface area contributed by atoms with E-state index >= 15 is 0 Å². The Kier molecular flexibility index (Phi) is 5.20. The molecule has 2 aliphatic heterocycles. The molecular weight excluding hydrogens is 396 g/mol. The molecule has 0 N–H and O–H groups in total. The monoisotopic (exact) mass is 422 g/mol. The summed E-state index contributed by atoms with van der Waals surface area (Å²) in [5.74, 6) is 1.58. The molecule has 1 saturated heterocycles. The summed E-state index contributed by atoms with van der Waals surface area (Å²) >= 11 is 6.46. The third-order valence-corrected chi connectivity index (χ3v) is 6.92. The van der Waals surface area contributed by atoms with E-state index in [1.165, 1.54) is 5.56 Å². The molecule has 5 rings (SSSR count). The highest BCUT2D eigenvalue weighted by atomic mass is 35.5. The summed E-state index contributed by atoms with van der Waals surface area (Å²) in [6, 6.07) is 16.4. The molecule has 5 heteroatoms. The number of piperidine rings is 1. The highest BCUT2D eigenvalue weighted by molar-refractivity contribution is 6.36. The number of nitrogens with zero attached hydrogens (tertiary/aromatic N) is 2. The summed E-state index contributed by atoms with van der Waals surface area (Å²) in [5.41, 5.74) is 3.08. The first-order chi connectivity index (χ1) is 14.6. The van der Waals surface area contributed by atoms with Gasteiger partial charge in [-0.05, 0) is 55.4 Å². The van der Waals surface area contributed by atoms with Crippen LogP contribution in [0.5, 0.6) is 5.75 Å². The van der Waals surface area contributed by atoms with E-state index in [-0.39, 0.29) is 12.0 Å². The van der Waals surface area contributed by atoms with Crippen molar-refractivity contribution >= 4 is 28.4 Å². The fourth-order valence-corrected chi connectivity index (χ4v) is 5.07. The van der Waals surface area contributed by atoms with Crippen molar-refractivity contribution < 1.29 is 9.53 Å². The van der Waals surface area contributed by atoms with E-state index in [0.29, 0.717) is 17.5 Å². The largest absolute Gasteiger partial charge is 0.486 e. The van der Waals surface area contributed by atoms with Crippen LogP contribution in [0.25, 0.3) is 10.9 Å². The van der Waals surface area contributed by atoms with Crippen molar-refractivity contribution in [3.05, 3.63) is 64.8 Å². The Labute approximate surface area is 182 Å². The van der Waals surface area contributed by atoms with Gasteiger partial charge in [0.05, 0.1) is 17.1 Å². The Balaban J connectivity index is 1.36. The predicted octanol–water partition coefficient (Wildman–Crippen LogP) is 5.56. The molecule has 0 radical (unpaired) electrons. The third-order valence-electron chi connectivity index (χ3n) is 6.59. The molecule has 156 valence electrons. The number of carbonyl (C=O) groups is 1. The Morgan fingerprint density at radius 1 is 1.13 bits per heavy atom. The van der Waals surface area contributed by atoms with Gasteiger partial charge in [-0.2, -0.15) is 0 Å². The first kappa shape index (κ1) is 19.5. The molecule has 2 aromatic carbocycles. The van der Waals surface area contributed by atoms with Crippen molar-refractivity contribution in [3.63, 3.8) is 0 Å². The molecule has 0 bridgehead atoms. The van der Waals surface area contributed by atoms with E-state index in [1.54, 1.807) is 0 Å². The lowest BCUT2D eigenvalue weighted by molar-refractivity contribution is 0.0674. The Morgan fingerprint density at radius 2 is 1.90 bits per heavy atom. The molecule has 1 aromatic heterocycles. The summed E-state index contributed by atoms with van der Waals surface area (Å²) < 4.78 is 8.24. The molecule has 1 unspecified atom stereocenters. The lowest BCUT2D eigenvalue weighted by atomic mass is 9.90. The summed E-state index contributed by atoms with van der Waals surface area (Å²) in [5, 5.41) is 1.58. The highest BCUT2D eigenvalue weighted by Gasteiger charge is 2.30. The van der Waals surface area contributed by atoms with E-state index < -0.39 is 0 Å². The molecule has 30 heavy (non-hydrogen) atoms. The fourth-order valence-electron chi connectivity index (χ4n) is 4.86. The minimum atomic E-state index is 0.0810. The van der Waals surface area contributed by atoms with Gasteiger partial charge in [0, 0.05) is 18.5 Å². The second-order valence-corrected chi connectivity index (χ2v) is 8.93. The van der Waals surface area contributed by atoms with Crippen LogP contribution in [0.3, 0.4) is 0 Å². The molecule has 0 spiro atoms. The lowest BCUT2D eigenvalue weighted by Gasteiger charge is -2.33. The molecule has 0 aliphatic carbocycles. The fraction of sp³-hybridized carbons (Fsp3) is 0.400. The van der Waals surface area contributed by atoms with Crippen LogP contribution in [0.15, 0.2) is 48.5 Å². The van der Waals surface area contributed by atoms with Crippen molar-refractivity contribution in [2.45, 2.75) is 45.3 Å². The number of aromatic nitrogens is 1. The van der Waals surface area contributed by atoms with Crippen molar-refractivity contribution in [2.75, 3.05) is 13.1 Å². The number of ether oxygens (including phenoxy) is 1. The number of hydrogen-bond donors (Lipinski definition) is 0. The Hall–Kier alpha value is -2.46. The number of amides is 1. The molecule has 1 fully saturated rings. The second-order valence-electron chi connectivity index (χ2n) is 8.52.